The lowest BCUT2D eigenvalue weighted by Gasteiger charge is -2.19. The van der Waals surface area contributed by atoms with Crippen molar-refractivity contribution >= 4 is 34.7 Å². The van der Waals surface area contributed by atoms with Crippen LogP contribution in [0.3, 0.4) is 0 Å². The molecule has 0 bridgehead atoms. The summed E-state index contributed by atoms with van der Waals surface area (Å²) in [6, 6.07) is 17.7. The number of carbonyl (C=O) groups is 1. The Morgan fingerprint density at radius 2 is 2.03 bits per heavy atom. The average molecular weight is 478 g/mol. The van der Waals surface area contributed by atoms with Crippen molar-refractivity contribution in [2.45, 2.75) is 37.5 Å². The first kappa shape index (κ1) is 21.7. The minimum atomic E-state index is -0.233. The molecule has 3 aromatic heterocycles. The van der Waals surface area contributed by atoms with Crippen molar-refractivity contribution in [2.75, 3.05) is 5.75 Å². The van der Waals surface area contributed by atoms with Gasteiger partial charge in [0.1, 0.15) is 17.6 Å². The van der Waals surface area contributed by atoms with Gasteiger partial charge in [-0.2, -0.15) is 5.10 Å². The summed E-state index contributed by atoms with van der Waals surface area (Å²) in [5.74, 6) is 1.78. The molecule has 1 amide bonds. The Balaban J connectivity index is 1.31. The summed E-state index contributed by atoms with van der Waals surface area (Å²) in [7, 11) is 0. The molecule has 1 aromatic carbocycles. The van der Waals surface area contributed by atoms with Crippen LogP contribution < -0.4 is 0 Å². The van der Waals surface area contributed by atoms with Crippen LogP contribution in [0.15, 0.2) is 80.9 Å². The van der Waals surface area contributed by atoms with Gasteiger partial charge in [-0.3, -0.25) is 4.79 Å². The van der Waals surface area contributed by atoms with Crippen molar-refractivity contribution < 1.29 is 9.21 Å². The number of aromatic nitrogens is 3. The summed E-state index contributed by atoms with van der Waals surface area (Å²) in [6.07, 6.45) is 2.97. The zero-order valence-corrected chi connectivity index (χ0v) is 19.8. The molecule has 1 atom stereocenters. The molecule has 7 nitrogen and oxygen atoms in total. The Bertz CT molecular complexity index is 1230. The fraction of sp³-hybridized carbons (Fsp3) is 0.250. The lowest BCUT2D eigenvalue weighted by atomic mass is 10.1. The van der Waals surface area contributed by atoms with Crippen molar-refractivity contribution in [1.29, 1.82) is 0 Å². The Labute approximate surface area is 200 Å². The number of thioether (sulfide) groups is 1. The smallest absolute Gasteiger partial charge is 0.253 e. The topological polar surface area (TPSA) is 76.5 Å². The second-order valence-electron chi connectivity index (χ2n) is 7.59. The zero-order valence-electron chi connectivity index (χ0n) is 18.1. The van der Waals surface area contributed by atoms with Gasteiger partial charge in [-0.05, 0) is 36.1 Å². The minimum Gasteiger partial charge on any atom is -0.467 e. The van der Waals surface area contributed by atoms with E-state index in [1.807, 2.05) is 47.8 Å². The first-order chi connectivity index (χ1) is 16.2. The van der Waals surface area contributed by atoms with Crippen LogP contribution in [0.5, 0.6) is 0 Å². The van der Waals surface area contributed by atoms with Crippen LogP contribution in [-0.4, -0.2) is 37.1 Å². The molecule has 4 aromatic rings. The molecule has 5 rings (SSSR count). The summed E-state index contributed by atoms with van der Waals surface area (Å²) >= 11 is 3.02. The van der Waals surface area contributed by atoms with Crippen molar-refractivity contribution in [3.05, 3.63) is 88.3 Å². The molecular weight excluding hydrogens is 454 g/mol. The second-order valence-corrected chi connectivity index (χ2v) is 9.48. The molecule has 0 aliphatic carbocycles. The number of benzene rings is 1. The monoisotopic (exact) mass is 477 g/mol. The van der Waals surface area contributed by atoms with Crippen LogP contribution in [0, 0.1) is 0 Å². The molecule has 4 heterocycles. The summed E-state index contributed by atoms with van der Waals surface area (Å²) in [5.41, 5.74) is 2.09. The van der Waals surface area contributed by atoms with Gasteiger partial charge in [0.15, 0.2) is 5.16 Å². The van der Waals surface area contributed by atoms with Crippen molar-refractivity contribution in [2.24, 2.45) is 5.10 Å². The number of hydrogen-bond acceptors (Lipinski definition) is 7. The standard InChI is InChI=1S/C24H23N5O2S2/c1-2-28-22(14-17-8-4-3-5-9-17)25-26-24(28)33-16-23(30)29-19(20-10-6-12-31-20)15-18(27-29)21-11-7-13-32-21/h3-13,19H,2,14-16H2,1H3/t19-/m1/s1. The van der Waals surface area contributed by atoms with Crippen LogP contribution in [-0.2, 0) is 17.8 Å². The van der Waals surface area contributed by atoms with Gasteiger partial charge in [0.2, 0.25) is 0 Å². The lowest BCUT2D eigenvalue weighted by Crippen LogP contribution is -2.28. The fourth-order valence-electron chi connectivity index (χ4n) is 3.88. The van der Waals surface area contributed by atoms with Crippen molar-refractivity contribution in [1.82, 2.24) is 19.8 Å². The van der Waals surface area contributed by atoms with Crippen molar-refractivity contribution in [3.8, 4) is 0 Å². The molecule has 0 unspecified atom stereocenters. The van der Waals surface area contributed by atoms with Gasteiger partial charge >= 0.3 is 0 Å². The molecule has 33 heavy (non-hydrogen) atoms. The zero-order chi connectivity index (χ0) is 22.6. The average Bonchev–Trinajstić information content (AvgIpc) is 3.64. The quantitative estimate of drug-likeness (QED) is 0.333. The molecule has 0 spiro atoms. The van der Waals surface area contributed by atoms with Crippen LogP contribution in [0.25, 0.3) is 0 Å². The minimum absolute atomic E-state index is 0.0804. The first-order valence-corrected chi connectivity index (χ1v) is 12.6. The van der Waals surface area contributed by atoms with E-state index in [-0.39, 0.29) is 17.7 Å². The summed E-state index contributed by atoms with van der Waals surface area (Å²) in [5, 5.41) is 17.8. The van der Waals surface area contributed by atoms with Crippen LogP contribution in [0.1, 0.15) is 41.4 Å². The highest BCUT2D eigenvalue weighted by atomic mass is 32.2. The van der Waals surface area contributed by atoms with E-state index in [0.29, 0.717) is 12.8 Å². The van der Waals surface area contributed by atoms with Gasteiger partial charge in [0.05, 0.1) is 22.6 Å². The van der Waals surface area contributed by atoms with Crippen LogP contribution in [0.2, 0.25) is 0 Å². The first-order valence-electron chi connectivity index (χ1n) is 10.8. The number of thiophene rings is 1. The van der Waals surface area contributed by atoms with E-state index in [2.05, 4.69) is 38.9 Å². The van der Waals surface area contributed by atoms with Gasteiger partial charge in [-0.15, -0.1) is 21.5 Å². The van der Waals surface area contributed by atoms with Crippen LogP contribution in [0.4, 0.5) is 0 Å². The fourth-order valence-corrected chi connectivity index (χ4v) is 5.47. The molecule has 1 aliphatic heterocycles. The molecule has 0 fully saturated rings. The third-order valence-electron chi connectivity index (χ3n) is 5.48. The normalized spacial score (nSPS) is 15.7. The van der Waals surface area contributed by atoms with Crippen molar-refractivity contribution in [3.63, 3.8) is 0 Å². The van der Waals surface area contributed by atoms with E-state index in [9.17, 15) is 4.79 Å². The maximum atomic E-state index is 13.2. The molecule has 0 radical (unpaired) electrons. The summed E-state index contributed by atoms with van der Waals surface area (Å²) in [6.45, 7) is 2.81. The molecule has 1 aliphatic rings. The van der Waals surface area contributed by atoms with E-state index >= 15 is 0 Å². The summed E-state index contributed by atoms with van der Waals surface area (Å²) < 4.78 is 7.69. The Morgan fingerprint density at radius 1 is 1.15 bits per heavy atom. The highest BCUT2D eigenvalue weighted by Crippen LogP contribution is 2.34. The number of furan rings is 1. The molecule has 168 valence electrons. The third kappa shape index (κ3) is 4.65. The predicted molar refractivity (Wildman–Crippen MR) is 129 cm³/mol. The summed E-state index contributed by atoms with van der Waals surface area (Å²) in [4.78, 5) is 14.3. The maximum Gasteiger partial charge on any atom is 0.253 e. The van der Waals surface area contributed by atoms with E-state index in [1.54, 1.807) is 22.6 Å². The second kappa shape index (κ2) is 9.76. The van der Waals surface area contributed by atoms with E-state index in [4.69, 9.17) is 4.42 Å². The van der Waals surface area contributed by atoms with Gasteiger partial charge in [0, 0.05) is 19.4 Å². The van der Waals surface area contributed by atoms with Gasteiger partial charge in [-0.25, -0.2) is 5.01 Å². The van der Waals surface area contributed by atoms with E-state index < -0.39 is 0 Å². The van der Waals surface area contributed by atoms with E-state index in [0.717, 1.165) is 33.9 Å². The number of hydrazone groups is 1. The number of carbonyl (C=O) groups excluding carboxylic acids is 1. The third-order valence-corrected chi connectivity index (χ3v) is 7.35. The highest BCUT2D eigenvalue weighted by Gasteiger charge is 2.35. The number of amides is 1. The lowest BCUT2D eigenvalue weighted by molar-refractivity contribution is -0.130. The van der Waals surface area contributed by atoms with Crippen LogP contribution >= 0.6 is 23.1 Å². The Kier molecular flexibility index (Phi) is 6.41. The van der Waals surface area contributed by atoms with Gasteiger partial charge < -0.3 is 8.98 Å². The Morgan fingerprint density at radius 3 is 2.76 bits per heavy atom. The maximum absolute atomic E-state index is 13.2. The van der Waals surface area contributed by atoms with Gasteiger partial charge in [0.25, 0.3) is 5.91 Å². The predicted octanol–water partition coefficient (Wildman–Crippen LogP) is 5.01. The largest absolute Gasteiger partial charge is 0.467 e. The number of nitrogens with zero attached hydrogens (tertiary/aromatic N) is 5. The molecule has 0 N–H and O–H groups in total. The molecular formula is C24H23N5O2S2. The Hall–Kier alpha value is -3.17. The highest BCUT2D eigenvalue weighted by molar-refractivity contribution is 7.99. The number of hydrogen-bond donors (Lipinski definition) is 0. The molecule has 0 saturated heterocycles. The molecule has 9 heteroatoms. The van der Waals surface area contributed by atoms with E-state index in [1.165, 1.54) is 17.3 Å². The number of rotatable bonds is 8. The SMILES string of the molecule is CCn1c(Cc2ccccc2)nnc1SCC(=O)N1N=C(c2cccs2)C[C@@H]1c1ccco1. The molecule has 0 saturated carbocycles. The van der Waals surface area contributed by atoms with Gasteiger partial charge in [-0.1, -0.05) is 48.2 Å².